The summed E-state index contributed by atoms with van der Waals surface area (Å²) < 4.78 is 28.7. The number of ether oxygens (including phenoxy) is 4. The van der Waals surface area contributed by atoms with Gasteiger partial charge in [0, 0.05) is 61.6 Å². The van der Waals surface area contributed by atoms with E-state index < -0.39 is 95.0 Å². The second-order valence-corrected chi connectivity index (χ2v) is 27.3. The highest BCUT2D eigenvalue weighted by molar-refractivity contribution is 7.99. The zero-order valence-corrected chi connectivity index (χ0v) is 52.2. The van der Waals surface area contributed by atoms with Crippen molar-refractivity contribution in [3.8, 4) is 50.3 Å². The molecule has 3 aromatic heterocycles. The van der Waals surface area contributed by atoms with Crippen molar-refractivity contribution in [3.05, 3.63) is 161 Å². The number of nitrogens with zero attached hydrogens (tertiary/aromatic N) is 2. The van der Waals surface area contributed by atoms with Crippen LogP contribution in [-0.4, -0.2) is 203 Å². The number of H-pyrrole nitrogens is 2. The van der Waals surface area contributed by atoms with E-state index in [0.717, 1.165) is 89.8 Å². The van der Waals surface area contributed by atoms with Crippen molar-refractivity contribution >= 4 is 93.7 Å². The number of hydrogen-bond acceptors (Lipinski definition) is 23. The van der Waals surface area contributed by atoms with Gasteiger partial charge in [0.15, 0.2) is 5.44 Å². The zero-order chi connectivity index (χ0) is 63.9. The molecule has 6 aliphatic heterocycles. The lowest BCUT2D eigenvalue weighted by Gasteiger charge is -2.34. The Balaban J connectivity index is 0.942. The van der Waals surface area contributed by atoms with Crippen LogP contribution in [0.5, 0.6) is 5.75 Å². The van der Waals surface area contributed by atoms with Gasteiger partial charge in [0.2, 0.25) is 0 Å². The third-order valence-electron chi connectivity index (χ3n) is 16.9. The first-order valence-electron chi connectivity index (χ1n) is 29.9. The average Bonchev–Trinajstić information content (AvgIpc) is 1.63. The van der Waals surface area contributed by atoms with Gasteiger partial charge in [-0.3, -0.25) is 0 Å². The van der Waals surface area contributed by atoms with Crippen molar-refractivity contribution < 1.29 is 84.4 Å². The van der Waals surface area contributed by atoms with Gasteiger partial charge in [-0.1, -0.05) is 84.9 Å². The van der Waals surface area contributed by atoms with Crippen LogP contribution in [-0.2, 0) is 36.2 Å². The average molecular weight is 1330 g/mol. The van der Waals surface area contributed by atoms with Gasteiger partial charge in [-0.15, -0.1) is 35.3 Å². The quantitative estimate of drug-likeness (QED) is 0.0508. The highest BCUT2D eigenvalue weighted by atomic mass is 32.2. The lowest BCUT2D eigenvalue weighted by atomic mass is 10.0. The summed E-state index contributed by atoms with van der Waals surface area (Å²) >= 11 is 4.80. The molecule has 7 aromatic rings. The van der Waals surface area contributed by atoms with Crippen LogP contribution in [0.25, 0.3) is 90.9 Å². The molecule has 16 unspecified atom stereocenters. The van der Waals surface area contributed by atoms with E-state index >= 15 is 0 Å². The minimum atomic E-state index is -1.40. The summed E-state index contributed by atoms with van der Waals surface area (Å²) in [4.78, 5) is 18.5. The molecule has 0 saturated carbocycles. The second-order valence-electron chi connectivity index (χ2n) is 23.2. The van der Waals surface area contributed by atoms with Crippen LogP contribution in [0.4, 0.5) is 0 Å². The number of rotatable bonds is 16. The predicted molar refractivity (Wildman–Crippen MR) is 354 cm³/mol. The number of aromatic nitrogens is 4. The molecular formula is C67H68N4O17S4. The van der Waals surface area contributed by atoms with Crippen molar-refractivity contribution in [1.82, 2.24) is 19.9 Å². The number of nitrogens with one attached hydrogen (secondary N) is 2. The maximum Gasteiger partial charge on any atom is 0.169 e. The molecule has 0 radical (unpaired) electrons. The summed E-state index contributed by atoms with van der Waals surface area (Å²) in [6.45, 7) is -0.460. The van der Waals surface area contributed by atoms with E-state index in [1.165, 1.54) is 35.3 Å². The van der Waals surface area contributed by atoms with Gasteiger partial charge in [-0.05, 0) is 99.6 Å². The summed E-state index contributed by atoms with van der Waals surface area (Å²) in [5.74, 6) is 1.75. The fourth-order valence-corrected chi connectivity index (χ4v) is 15.7. The van der Waals surface area contributed by atoms with E-state index in [1.807, 2.05) is 133 Å². The molecule has 13 rings (SSSR count). The Morgan fingerprint density at radius 1 is 0.337 bits per heavy atom. The SMILES string of the molecule is OC1COC(SCc2ccc(-c3c4nc(c(-c5ccc(CSC6OCC(O)C(O)C6O)cc5)c5ccc([nH]5)c(-c5ccc(OSC6OCC(O)C(O)C6O)cc5)c5nc(c(-c6ccc(CSC7OCC(O)C(O)C7O)cc6)c6ccc3[nH]6)C=C5)C=C4)cc2)C(O)C1O. The van der Waals surface area contributed by atoms with Crippen LogP contribution in [0.3, 0.4) is 0 Å². The zero-order valence-electron chi connectivity index (χ0n) is 49.0. The third-order valence-corrected chi connectivity index (χ3v) is 21.5. The Labute approximate surface area is 544 Å². The van der Waals surface area contributed by atoms with Crippen LogP contribution in [0, 0.1) is 0 Å². The van der Waals surface area contributed by atoms with Gasteiger partial charge in [0.1, 0.15) is 95.3 Å². The van der Waals surface area contributed by atoms with E-state index in [9.17, 15) is 61.3 Å². The number of hydrogen-bond donors (Lipinski definition) is 14. The molecule has 25 heteroatoms. The fraction of sp³-hybridized carbons (Fsp3) is 0.343. The molecular weight excluding hydrogens is 1260 g/mol. The second kappa shape index (κ2) is 28.2. The molecule has 6 aliphatic rings. The largest absolute Gasteiger partial charge is 0.423 e. The van der Waals surface area contributed by atoms with Crippen LogP contribution < -0.4 is 4.18 Å². The molecule has 0 amide bonds. The van der Waals surface area contributed by atoms with E-state index in [-0.39, 0.29) is 26.4 Å². The first-order chi connectivity index (χ1) is 44.5. The highest BCUT2D eigenvalue weighted by Crippen LogP contribution is 2.41. The molecule has 482 valence electrons. The van der Waals surface area contributed by atoms with Gasteiger partial charge < -0.3 is 94.4 Å². The van der Waals surface area contributed by atoms with Crippen molar-refractivity contribution in [2.45, 2.75) is 112 Å². The first-order valence-corrected chi connectivity index (χ1v) is 33.8. The van der Waals surface area contributed by atoms with Crippen LogP contribution in [0.15, 0.2) is 121 Å². The van der Waals surface area contributed by atoms with Gasteiger partial charge in [0.05, 0.1) is 61.2 Å². The normalized spacial score (nSPS) is 29.0. The standard InChI is InChI=1S/C67H68N4O17S4/c72-48-25-84-64(60(80)56(48)76)89-29-32-1-7-35(8-2-32)52-40-17-19-42(68-40)53(36-9-3-33(4-10-36)30-90-65-61(81)57(77)49(73)26-85-65)44-21-23-46(70-44)55(38-13-15-39(16-14-38)88-92-67-63(83)59(79)51(75)28-87-67)47-24-22-45(71-47)54(43-20-18-41(52)69-43)37-11-5-34(6-12-37)31-91-66-62(82)58(78)50(74)27-86-66/h1-24,48-51,56-68,71-83H,25-31H2. The van der Waals surface area contributed by atoms with Gasteiger partial charge in [-0.25, -0.2) is 9.97 Å². The molecule has 8 bridgehead atoms. The molecule has 9 heterocycles. The maximum absolute atomic E-state index is 10.7. The van der Waals surface area contributed by atoms with Crippen molar-refractivity contribution in [2.24, 2.45) is 0 Å². The molecule has 4 saturated heterocycles. The number of aliphatic hydroxyl groups excluding tert-OH is 12. The summed E-state index contributed by atoms with van der Waals surface area (Å²) in [7, 11) is 0. The van der Waals surface area contributed by atoms with Crippen molar-refractivity contribution in [2.75, 3.05) is 26.4 Å². The summed E-state index contributed by atoms with van der Waals surface area (Å²) in [6, 6.07) is 39.4. The summed E-state index contributed by atoms with van der Waals surface area (Å²) in [6.07, 6.45) is -7.43. The molecule has 4 fully saturated rings. The Hall–Kier alpha value is -5.96. The third kappa shape index (κ3) is 13.7. The fourth-order valence-electron chi connectivity index (χ4n) is 11.7. The predicted octanol–water partition coefficient (Wildman–Crippen LogP) is 5.81. The first kappa shape index (κ1) is 64.7. The molecule has 92 heavy (non-hydrogen) atoms. The Bertz CT molecular complexity index is 3490. The lowest BCUT2D eigenvalue weighted by molar-refractivity contribution is -0.162. The number of thioether (sulfide) groups is 3. The number of aromatic amines is 2. The van der Waals surface area contributed by atoms with Gasteiger partial charge in [-0.2, -0.15) is 0 Å². The van der Waals surface area contributed by atoms with E-state index in [2.05, 4.69) is 9.97 Å². The van der Waals surface area contributed by atoms with Gasteiger partial charge in [0.25, 0.3) is 0 Å². The molecule has 0 spiro atoms. The van der Waals surface area contributed by atoms with E-state index in [1.54, 1.807) is 12.1 Å². The number of fused-ring (bicyclic) bond motifs is 8. The number of aliphatic hydroxyl groups is 12. The molecule has 14 N–H and O–H groups in total. The molecule has 4 aromatic carbocycles. The Morgan fingerprint density at radius 2 is 0.598 bits per heavy atom. The van der Waals surface area contributed by atoms with E-state index in [0.29, 0.717) is 51.3 Å². The van der Waals surface area contributed by atoms with Crippen molar-refractivity contribution in [3.63, 3.8) is 0 Å². The smallest absolute Gasteiger partial charge is 0.169 e. The highest BCUT2D eigenvalue weighted by Gasteiger charge is 2.41. The maximum atomic E-state index is 10.7. The van der Waals surface area contributed by atoms with Crippen LogP contribution in [0.1, 0.15) is 39.5 Å². The van der Waals surface area contributed by atoms with Crippen LogP contribution in [0.2, 0.25) is 0 Å². The van der Waals surface area contributed by atoms with Crippen molar-refractivity contribution in [1.29, 1.82) is 0 Å². The minimum absolute atomic E-state index is 0.0950. The van der Waals surface area contributed by atoms with Gasteiger partial charge >= 0.3 is 0 Å². The number of benzene rings is 4. The molecule has 16 atom stereocenters. The summed E-state index contributed by atoms with van der Waals surface area (Å²) in [5.41, 5.74) is 11.4. The topological polar surface area (TPSA) is 346 Å². The summed E-state index contributed by atoms with van der Waals surface area (Å²) in [5, 5.41) is 124. The monoisotopic (exact) mass is 1330 g/mol. The van der Waals surface area contributed by atoms with Crippen LogP contribution >= 0.6 is 47.3 Å². The Kier molecular flexibility index (Phi) is 19.8. The lowest BCUT2D eigenvalue weighted by Crippen LogP contribution is -2.51. The molecule has 21 nitrogen and oxygen atoms in total. The minimum Gasteiger partial charge on any atom is -0.423 e. The molecule has 0 aliphatic carbocycles. The Morgan fingerprint density at radius 3 is 0.891 bits per heavy atom. The van der Waals surface area contributed by atoms with E-state index in [4.69, 9.17) is 33.1 Å².